The van der Waals surface area contributed by atoms with Crippen LogP contribution in [0.15, 0.2) is 36.7 Å². The fourth-order valence-electron chi connectivity index (χ4n) is 4.59. The summed E-state index contributed by atoms with van der Waals surface area (Å²) in [5.74, 6) is 1.79. The van der Waals surface area contributed by atoms with Crippen molar-refractivity contribution >= 4 is 6.09 Å². The van der Waals surface area contributed by atoms with Gasteiger partial charge in [0.25, 0.3) is 0 Å². The third-order valence-corrected chi connectivity index (χ3v) is 6.67. The van der Waals surface area contributed by atoms with Gasteiger partial charge < -0.3 is 14.4 Å². The smallest absolute Gasteiger partial charge is 0.415 e. The highest BCUT2D eigenvalue weighted by molar-refractivity contribution is 5.71. The summed E-state index contributed by atoms with van der Waals surface area (Å²) in [5.41, 5.74) is 2.23. The standard InChI is InChI=1S/C25H32N4O3/c1-25(2,3)18-5-4-6-20(11-18)32-24(30)29-10-9-28-16-21(12-19(28)15-29)31-23-14-26-22(13-27-23)17-7-8-17/h4-6,11,13-14,17,19,21H,7-10,12,15-16H2,1-3H3/t19-,21+/m0/s1. The zero-order valence-corrected chi connectivity index (χ0v) is 19.2. The second-order valence-corrected chi connectivity index (χ2v) is 10.3. The quantitative estimate of drug-likeness (QED) is 0.722. The van der Waals surface area contributed by atoms with Gasteiger partial charge in [-0.25, -0.2) is 9.78 Å². The minimum Gasteiger partial charge on any atom is -0.472 e. The van der Waals surface area contributed by atoms with Crippen LogP contribution >= 0.6 is 0 Å². The summed E-state index contributed by atoms with van der Waals surface area (Å²) >= 11 is 0. The number of amides is 1. The van der Waals surface area contributed by atoms with Crippen molar-refractivity contribution in [2.75, 3.05) is 26.2 Å². The molecule has 3 heterocycles. The zero-order valence-electron chi connectivity index (χ0n) is 19.2. The molecule has 0 unspecified atom stereocenters. The van der Waals surface area contributed by atoms with Gasteiger partial charge in [0, 0.05) is 44.6 Å². The number of ether oxygens (including phenoxy) is 2. The Bertz CT molecular complexity index is 968. The monoisotopic (exact) mass is 436 g/mol. The molecule has 2 atom stereocenters. The number of aromatic nitrogens is 2. The third-order valence-electron chi connectivity index (χ3n) is 6.67. The van der Waals surface area contributed by atoms with Crippen LogP contribution in [0, 0.1) is 0 Å². The average Bonchev–Trinajstić information content (AvgIpc) is 3.53. The molecule has 3 fully saturated rings. The summed E-state index contributed by atoms with van der Waals surface area (Å²) in [6.45, 7) is 9.46. The first-order valence-electron chi connectivity index (χ1n) is 11.6. The normalized spacial score (nSPS) is 23.7. The minimum absolute atomic E-state index is 0.00942. The van der Waals surface area contributed by atoms with E-state index in [9.17, 15) is 4.79 Å². The molecule has 1 aromatic heterocycles. The van der Waals surface area contributed by atoms with E-state index < -0.39 is 0 Å². The molecule has 5 rings (SSSR count). The Kier molecular flexibility index (Phi) is 5.53. The highest BCUT2D eigenvalue weighted by Crippen LogP contribution is 2.38. The van der Waals surface area contributed by atoms with Crippen LogP contribution in [0.1, 0.15) is 57.2 Å². The molecule has 1 aliphatic carbocycles. The predicted octanol–water partition coefficient (Wildman–Crippen LogP) is 3.99. The molecule has 0 N–H and O–H groups in total. The van der Waals surface area contributed by atoms with Crippen LogP contribution in [0.2, 0.25) is 0 Å². The van der Waals surface area contributed by atoms with Crippen molar-refractivity contribution in [3.63, 3.8) is 0 Å². The molecule has 3 aliphatic rings. The van der Waals surface area contributed by atoms with Gasteiger partial charge in [-0.3, -0.25) is 9.88 Å². The SMILES string of the molecule is CC(C)(C)c1cccc(OC(=O)N2CCN3C[C@H](Oc4cnc(C5CC5)cn4)C[C@H]3C2)c1. The molecule has 2 saturated heterocycles. The van der Waals surface area contributed by atoms with Gasteiger partial charge in [0.2, 0.25) is 5.88 Å². The molecule has 1 saturated carbocycles. The van der Waals surface area contributed by atoms with Crippen LogP contribution in [0.4, 0.5) is 4.79 Å². The second-order valence-electron chi connectivity index (χ2n) is 10.3. The number of rotatable bonds is 4. The molecule has 32 heavy (non-hydrogen) atoms. The fraction of sp³-hybridized carbons (Fsp3) is 0.560. The van der Waals surface area contributed by atoms with E-state index in [1.54, 1.807) is 6.20 Å². The van der Waals surface area contributed by atoms with E-state index in [1.165, 1.54) is 12.8 Å². The molecule has 7 nitrogen and oxygen atoms in total. The van der Waals surface area contributed by atoms with Gasteiger partial charge in [-0.15, -0.1) is 0 Å². The highest BCUT2D eigenvalue weighted by Gasteiger charge is 2.39. The van der Waals surface area contributed by atoms with Crippen LogP contribution < -0.4 is 9.47 Å². The van der Waals surface area contributed by atoms with Crippen molar-refractivity contribution in [1.29, 1.82) is 0 Å². The lowest BCUT2D eigenvalue weighted by molar-refractivity contribution is 0.0924. The second kappa shape index (κ2) is 8.35. The van der Waals surface area contributed by atoms with Crippen molar-refractivity contribution in [3.05, 3.63) is 47.9 Å². The molecule has 170 valence electrons. The largest absolute Gasteiger partial charge is 0.472 e. The molecule has 0 bridgehead atoms. The summed E-state index contributed by atoms with van der Waals surface area (Å²) in [6.07, 6.45) is 6.70. The van der Waals surface area contributed by atoms with Gasteiger partial charge in [0.1, 0.15) is 11.9 Å². The number of hydrogen-bond donors (Lipinski definition) is 0. The summed E-state index contributed by atoms with van der Waals surface area (Å²) in [6, 6.07) is 8.10. The Morgan fingerprint density at radius 1 is 1.09 bits per heavy atom. The van der Waals surface area contributed by atoms with Crippen LogP contribution in [0.3, 0.4) is 0 Å². The number of carbonyl (C=O) groups is 1. The number of nitrogens with zero attached hydrogens (tertiary/aromatic N) is 4. The van der Waals surface area contributed by atoms with E-state index in [1.807, 2.05) is 29.3 Å². The molecule has 7 heteroatoms. The minimum atomic E-state index is -0.276. The summed E-state index contributed by atoms with van der Waals surface area (Å²) in [7, 11) is 0. The van der Waals surface area contributed by atoms with Crippen molar-refractivity contribution in [2.24, 2.45) is 0 Å². The maximum atomic E-state index is 12.8. The van der Waals surface area contributed by atoms with Gasteiger partial charge in [-0.05, 0) is 36.0 Å². The Balaban J connectivity index is 1.15. The molecule has 1 aromatic carbocycles. The lowest BCUT2D eigenvalue weighted by atomic mass is 9.87. The zero-order chi connectivity index (χ0) is 22.3. The molecule has 2 aliphatic heterocycles. The topological polar surface area (TPSA) is 67.8 Å². The number of piperazine rings is 1. The van der Waals surface area contributed by atoms with Gasteiger partial charge in [-0.1, -0.05) is 32.9 Å². The van der Waals surface area contributed by atoms with Gasteiger partial charge in [0.15, 0.2) is 0 Å². The Morgan fingerprint density at radius 2 is 1.94 bits per heavy atom. The number of carbonyl (C=O) groups excluding carboxylic acids is 1. The first-order chi connectivity index (χ1) is 15.3. The maximum Gasteiger partial charge on any atom is 0.415 e. The van der Waals surface area contributed by atoms with E-state index >= 15 is 0 Å². The number of benzene rings is 1. The molecule has 0 radical (unpaired) electrons. The summed E-state index contributed by atoms with van der Waals surface area (Å²) < 4.78 is 11.8. The van der Waals surface area contributed by atoms with E-state index in [-0.39, 0.29) is 23.7 Å². The highest BCUT2D eigenvalue weighted by atomic mass is 16.6. The summed E-state index contributed by atoms with van der Waals surface area (Å²) in [5, 5.41) is 0. The first-order valence-corrected chi connectivity index (χ1v) is 11.6. The van der Waals surface area contributed by atoms with Crippen LogP contribution in [0.5, 0.6) is 11.6 Å². The fourth-order valence-corrected chi connectivity index (χ4v) is 4.59. The van der Waals surface area contributed by atoms with Crippen molar-refractivity contribution < 1.29 is 14.3 Å². The van der Waals surface area contributed by atoms with E-state index in [2.05, 4.69) is 41.7 Å². The first kappa shape index (κ1) is 21.2. The van der Waals surface area contributed by atoms with E-state index in [4.69, 9.17) is 9.47 Å². The number of fused-ring (bicyclic) bond motifs is 1. The van der Waals surface area contributed by atoms with Crippen molar-refractivity contribution in [2.45, 2.75) is 63.5 Å². The Hall–Kier alpha value is -2.67. The lowest BCUT2D eigenvalue weighted by Gasteiger charge is -2.36. The molecule has 2 aromatic rings. The van der Waals surface area contributed by atoms with Gasteiger partial charge in [0.05, 0.1) is 18.1 Å². The maximum absolute atomic E-state index is 12.8. The average molecular weight is 437 g/mol. The Morgan fingerprint density at radius 3 is 2.66 bits per heavy atom. The van der Waals surface area contributed by atoms with Crippen molar-refractivity contribution in [1.82, 2.24) is 19.8 Å². The van der Waals surface area contributed by atoms with Gasteiger partial charge in [-0.2, -0.15) is 0 Å². The summed E-state index contributed by atoms with van der Waals surface area (Å²) in [4.78, 5) is 26.0. The molecule has 0 spiro atoms. The molecular weight excluding hydrogens is 404 g/mol. The third kappa shape index (κ3) is 4.72. The molecular formula is C25H32N4O3. The Labute approximate surface area is 189 Å². The van der Waals surface area contributed by atoms with Crippen LogP contribution in [0.25, 0.3) is 0 Å². The number of hydrogen-bond acceptors (Lipinski definition) is 6. The lowest BCUT2D eigenvalue weighted by Crippen LogP contribution is -2.52. The van der Waals surface area contributed by atoms with Crippen molar-refractivity contribution in [3.8, 4) is 11.6 Å². The van der Waals surface area contributed by atoms with Crippen LogP contribution in [-0.4, -0.2) is 64.2 Å². The van der Waals surface area contributed by atoms with Crippen LogP contribution in [-0.2, 0) is 5.41 Å². The van der Waals surface area contributed by atoms with E-state index in [0.717, 1.165) is 30.8 Å². The molecule has 1 amide bonds. The van der Waals surface area contributed by atoms with Gasteiger partial charge >= 0.3 is 6.09 Å². The van der Waals surface area contributed by atoms with E-state index in [0.29, 0.717) is 30.6 Å². The predicted molar refractivity (Wildman–Crippen MR) is 121 cm³/mol.